The van der Waals surface area contributed by atoms with Gasteiger partial charge in [0.25, 0.3) is 0 Å². The molecule has 1 N–H and O–H groups in total. The minimum atomic E-state index is -0.290. The minimum absolute atomic E-state index is 0.00720. The number of fused-ring (bicyclic) bond motifs is 1. The van der Waals surface area contributed by atoms with Crippen LogP contribution in [0.5, 0.6) is 0 Å². The van der Waals surface area contributed by atoms with E-state index in [0.29, 0.717) is 23.7 Å². The second kappa shape index (κ2) is 9.55. The molecule has 4 bridgehead atoms. The fourth-order valence-corrected chi connectivity index (χ4v) is 9.45. The molecule has 0 radical (unpaired) electrons. The predicted octanol–water partition coefficient (Wildman–Crippen LogP) is 4.18. The molecule has 186 valence electrons. The third kappa shape index (κ3) is 4.33. The quantitative estimate of drug-likeness (QED) is 0.613. The zero-order valence-corrected chi connectivity index (χ0v) is 21.3. The van der Waals surface area contributed by atoms with Gasteiger partial charge in [0.1, 0.15) is 5.00 Å². The molecule has 1 aliphatic heterocycles. The molecule has 1 aromatic heterocycles. The van der Waals surface area contributed by atoms with E-state index in [9.17, 15) is 9.59 Å². The summed E-state index contributed by atoms with van der Waals surface area (Å²) in [7, 11) is 0. The van der Waals surface area contributed by atoms with Gasteiger partial charge in [-0.2, -0.15) is 0 Å². The van der Waals surface area contributed by atoms with Crippen LogP contribution in [0.25, 0.3) is 0 Å². The Morgan fingerprint density at radius 2 is 1.65 bits per heavy atom. The number of hydrogen-bond acceptors (Lipinski definition) is 6. The predicted molar refractivity (Wildman–Crippen MR) is 134 cm³/mol. The van der Waals surface area contributed by atoms with Crippen LogP contribution in [0, 0.1) is 23.7 Å². The Hall–Kier alpha value is -1.44. The molecule has 1 amide bonds. The molecule has 0 aromatic carbocycles. The lowest BCUT2D eigenvalue weighted by atomic mass is 9.54. The molecule has 6 nitrogen and oxygen atoms in total. The van der Waals surface area contributed by atoms with Gasteiger partial charge in [-0.15, -0.1) is 11.3 Å². The van der Waals surface area contributed by atoms with Crippen LogP contribution < -0.4 is 5.32 Å². The second-order valence-electron chi connectivity index (χ2n) is 11.4. The molecule has 2 heterocycles. The number of aryl methyl sites for hydroxylation is 1. The van der Waals surface area contributed by atoms with Crippen molar-refractivity contribution in [2.24, 2.45) is 23.7 Å². The summed E-state index contributed by atoms with van der Waals surface area (Å²) in [6.45, 7) is 6.68. The number of nitrogens with one attached hydrogen (secondary N) is 1. The molecular weight excluding hydrogens is 446 g/mol. The van der Waals surface area contributed by atoms with Crippen molar-refractivity contribution >= 4 is 28.2 Å². The van der Waals surface area contributed by atoms with Gasteiger partial charge in [-0.3, -0.25) is 14.6 Å². The van der Waals surface area contributed by atoms with E-state index in [1.54, 1.807) is 11.3 Å². The molecule has 4 saturated carbocycles. The lowest BCUT2D eigenvalue weighted by molar-refractivity contribution is -0.118. The van der Waals surface area contributed by atoms with Crippen molar-refractivity contribution in [1.82, 2.24) is 9.80 Å². The zero-order chi connectivity index (χ0) is 23.2. The first-order chi connectivity index (χ1) is 16.6. The van der Waals surface area contributed by atoms with Gasteiger partial charge >= 0.3 is 5.97 Å². The summed E-state index contributed by atoms with van der Waals surface area (Å²) in [5.74, 6) is 3.60. The van der Waals surface area contributed by atoms with Crippen LogP contribution in [-0.2, 0) is 22.4 Å². The van der Waals surface area contributed by atoms with E-state index in [2.05, 4.69) is 15.1 Å². The Labute approximate surface area is 207 Å². The average molecular weight is 486 g/mol. The monoisotopic (exact) mass is 485 g/mol. The van der Waals surface area contributed by atoms with E-state index >= 15 is 0 Å². The van der Waals surface area contributed by atoms with Crippen LogP contribution in [0.15, 0.2) is 0 Å². The molecule has 5 fully saturated rings. The molecule has 7 rings (SSSR count). The zero-order valence-electron chi connectivity index (χ0n) is 20.5. The van der Waals surface area contributed by atoms with E-state index in [1.165, 1.54) is 37.0 Å². The summed E-state index contributed by atoms with van der Waals surface area (Å²) >= 11 is 1.58. The normalized spacial score (nSPS) is 33.0. The highest BCUT2D eigenvalue weighted by molar-refractivity contribution is 7.17. The van der Waals surface area contributed by atoms with Crippen molar-refractivity contribution in [1.29, 1.82) is 0 Å². The van der Waals surface area contributed by atoms with Crippen LogP contribution in [0.4, 0.5) is 5.00 Å². The molecule has 0 unspecified atom stereocenters. The smallest absolute Gasteiger partial charge is 0.341 e. The van der Waals surface area contributed by atoms with E-state index < -0.39 is 0 Å². The molecule has 1 saturated heterocycles. The Morgan fingerprint density at radius 3 is 2.32 bits per heavy atom. The first-order valence-corrected chi connectivity index (χ1v) is 14.5. The number of nitrogens with zero attached hydrogens (tertiary/aromatic N) is 2. The fourth-order valence-electron chi connectivity index (χ4n) is 8.15. The van der Waals surface area contributed by atoms with E-state index in [4.69, 9.17) is 4.74 Å². The molecular formula is C27H39N3O3S. The fraction of sp³-hybridized carbons (Fsp3) is 0.778. The third-order valence-electron chi connectivity index (χ3n) is 9.28. The molecule has 0 spiro atoms. The maximum absolute atomic E-state index is 13.0. The van der Waals surface area contributed by atoms with E-state index in [1.807, 2.05) is 6.92 Å². The SMILES string of the molecule is CCOC(=O)c1c(NC(=O)CN2CCN(C3C4CC5CC(C4)CC3C5)CC2)sc2c1CCCC2. The van der Waals surface area contributed by atoms with Crippen molar-refractivity contribution < 1.29 is 14.3 Å². The summed E-state index contributed by atoms with van der Waals surface area (Å²) in [6.07, 6.45) is 11.5. The van der Waals surface area contributed by atoms with Crippen molar-refractivity contribution in [3.63, 3.8) is 0 Å². The maximum Gasteiger partial charge on any atom is 0.341 e. The summed E-state index contributed by atoms with van der Waals surface area (Å²) in [5, 5.41) is 3.79. The van der Waals surface area contributed by atoms with Crippen molar-refractivity contribution in [2.75, 3.05) is 44.6 Å². The van der Waals surface area contributed by atoms with Crippen LogP contribution in [0.1, 0.15) is 72.7 Å². The first kappa shape index (κ1) is 23.0. The van der Waals surface area contributed by atoms with Crippen molar-refractivity contribution in [2.45, 2.75) is 70.8 Å². The lowest BCUT2D eigenvalue weighted by Gasteiger charge is -2.58. The van der Waals surface area contributed by atoms with Gasteiger partial charge < -0.3 is 10.1 Å². The first-order valence-electron chi connectivity index (χ1n) is 13.7. The standard InChI is InChI=1S/C27H39N3O3S/c1-2-33-27(32)24-21-5-3-4-6-22(21)34-26(24)28-23(31)16-29-7-9-30(10-8-29)25-19-12-17-11-18(14-19)15-20(25)13-17/h17-20,25H,2-16H2,1H3,(H,28,31). The lowest BCUT2D eigenvalue weighted by Crippen LogP contribution is -2.60. The minimum Gasteiger partial charge on any atom is -0.462 e. The topological polar surface area (TPSA) is 61.9 Å². The van der Waals surface area contributed by atoms with Gasteiger partial charge in [-0.05, 0) is 93.9 Å². The molecule has 1 aromatic rings. The molecule has 0 atom stereocenters. The number of esters is 1. The number of thiophene rings is 1. The number of carbonyl (C=O) groups excluding carboxylic acids is 2. The highest BCUT2D eigenvalue weighted by Gasteiger charge is 2.50. The van der Waals surface area contributed by atoms with Crippen molar-refractivity contribution in [3.05, 3.63) is 16.0 Å². The number of amides is 1. The van der Waals surface area contributed by atoms with Gasteiger partial charge in [-0.1, -0.05) is 0 Å². The van der Waals surface area contributed by atoms with E-state index in [0.717, 1.165) is 87.1 Å². The number of piperazine rings is 1. The Bertz CT molecular complexity index is 908. The summed E-state index contributed by atoms with van der Waals surface area (Å²) in [6, 6.07) is 0.799. The molecule has 6 aliphatic rings. The number of hydrogen-bond donors (Lipinski definition) is 1. The number of ether oxygens (including phenoxy) is 1. The third-order valence-corrected chi connectivity index (χ3v) is 10.5. The average Bonchev–Trinajstić information content (AvgIpc) is 3.17. The Kier molecular flexibility index (Phi) is 6.46. The highest BCUT2D eigenvalue weighted by Crippen LogP contribution is 2.55. The van der Waals surface area contributed by atoms with Crippen LogP contribution in [0.3, 0.4) is 0 Å². The molecule has 5 aliphatic carbocycles. The van der Waals surface area contributed by atoms with E-state index in [-0.39, 0.29) is 11.9 Å². The number of carbonyl (C=O) groups is 2. The summed E-state index contributed by atoms with van der Waals surface area (Å²) in [5.41, 5.74) is 1.72. The number of rotatable bonds is 6. The Morgan fingerprint density at radius 1 is 0.971 bits per heavy atom. The van der Waals surface area contributed by atoms with Crippen LogP contribution in [0.2, 0.25) is 0 Å². The Balaban J connectivity index is 1.05. The van der Waals surface area contributed by atoms with Gasteiger partial charge in [0.05, 0.1) is 18.7 Å². The van der Waals surface area contributed by atoms with Gasteiger partial charge in [-0.25, -0.2) is 4.79 Å². The summed E-state index contributed by atoms with van der Waals surface area (Å²) in [4.78, 5) is 32.0. The van der Waals surface area contributed by atoms with Gasteiger partial charge in [0, 0.05) is 37.1 Å². The van der Waals surface area contributed by atoms with Crippen LogP contribution >= 0.6 is 11.3 Å². The number of anilines is 1. The largest absolute Gasteiger partial charge is 0.462 e. The van der Waals surface area contributed by atoms with Gasteiger partial charge in [0.15, 0.2) is 0 Å². The highest BCUT2D eigenvalue weighted by atomic mass is 32.1. The molecule has 7 heteroatoms. The summed E-state index contributed by atoms with van der Waals surface area (Å²) < 4.78 is 5.34. The maximum atomic E-state index is 13.0. The van der Waals surface area contributed by atoms with Gasteiger partial charge in [0.2, 0.25) is 5.91 Å². The second-order valence-corrected chi connectivity index (χ2v) is 12.5. The molecule has 34 heavy (non-hydrogen) atoms. The van der Waals surface area contributed by atoms with Crippen molar-refractivity contribution in [3.8, 4) is 0 Å². The van der Waals surface area contributed by atoms with Crippen LogP contribution in [-0.4, -0.2) is 67.0 Å².